The van der Waals surface area contributed by atoms with E-state index < -0.39 is 6.72 Å². The molecule has 1 unspecified atom stereocenters. The van der Waals surface area contributed by atoms with E-state index in [9.17, 15) is 9.46 Å². The Hall–Kier alpha value is -0.820. The van der Waals surface area contributed by atoms with Crippen LogP contribution in [0, 0.1) is 0 Å². The first-order valence-corrected chi connectivity index (χ1v) is 6.66. The van der Waals surface area contributed by atoms with Gasteiger partial charge in [0.25, 0.3) is 0 Å². The predicted octanol–water partition coefficient (Wildman–Crippen LogP) is 2.89. The second kappa shape index (κ2) is 3.39. The first kappa shape index (κ1) is 9.72. The molecule has 2 aromatic carbocycles. The van der Waals surface area contributed by atoms with Crippen LogP contribution in [0.3, 0.4) is 0 Å². The van der Waals surface area contributed by atoms with Crippen LogP contribution in [0.5, 0.6) is 0 Å². The topological polar surface area (TPSA) is 37.3 Å². The molecule has 1 N–H and O–H groups in total. The zero-order valence-electron chi connectivity index (χ0n) is 7.22. The molecule has 14 heavy (non-hydrogen) atoms. The van der Waals surface area contributed by atoms with Gasteiger partial charge in [0.15, 0.2) is 0 Å². The molecule has 0 amide bonds. The SMILES string of the molecule is O=P(O)(Cl)c1cccc2ccccc12. The van der Waals surface area contributed by atoms with E-state index >= 15 is 0 Å². The van der Waals surface area contributed by atoms with Crippen molar-refractivity contribution in [3.8, 4) is 0 Å². The van der Waals surface area contributed by atoms with E-state index in [1.807, 2.05) is 24.3 Å². The highest BCUT2D eigenvalue weighted by atomic mass is 35.7. The molecule has 0 aliphatic carbocycles. The maximum absolute atomic E-state index is 11.4. The monoisotopic (exact) mass is 226 g/mol. The van der Waals surface area contributed by atoms with Crippen molar-refractivity contribution in [2.75, 3.05) is 0 Å². The van der Waals surface area contributed by atoms with Gasteiger partial charge in [-0.25, -0.2) is 0 Å². The molecule has 0 spiro atoms. The van der Waals surface area contributed by atoms with Gasteiger partial charge < -0.3 is 4.89 Å². The maximum atomic E-state index is 11.4. The third-order valence-corrected chi connectivity index (χ3v) is 3.59. The number of hydrogen-bond donors (Lipinski definition) is 1. The fourth-order valence-electron chi connectivity index (χ4n) is 1.45. The summed E-state index contributed by atoms with van der Waals surface area (Å²) in [5, 5.41) is 1.95. The van der Waals surface area contributed by atoms with Crippen LogP contribution in [0.4, 0.5) is 0 Å². The van der Waals surface area contributed by atoms with E-state index in [4.69, 9.17) is 11.2 Å². The Morgan fingerprint density at radius 3 is 2.43 bits per heavy atom. The molecule has 2 rings (SSSR count). The van der Waals surface area contributed by atoms with Crippen molar-refractivity contribution in [3.63, 3.8) is 0 Å². The van der Waals surface area contributed by atoms with Gasteiger partial charge in [-0.1, -0.05) is 36.4 Å². The Bertz CT molecular complexity index is 513. The number of benzene rings is 2. The van der Waals surface area contributed by atoms with Crippen LogP contribution in [-0.4, -0.2) is 4.89 Å². The summed E-state index contributed by atoms with van der Waals surface area (Å²) in [6, 6.07) is 12.5. The molecule has 0 aromatic heterocycles. The minimum atomic E-state index is -3.69. The molecular formula is C10H8ClO2P. The molecule has 2 nitrogen and oxygen atoms in total. The van der Waals surface area contributed by atoms with Gasteiger partial charge in [-0.05, 0) is 28.1 Å². The van der Waals surface area contributed by atoms with Crippen LogP contribution in [0.25, 0.3) is 10.8 Å². The first-order valence-electron chi connectivity index (χ1n) is 4.10. The number of hydrogen-bond acceptors (Lipinski definition) is 1. The zero-order chi connectivity index (χ0) is 10.2. The first-order chi connectivity index (χ1) is 6.59. The lowest BCUT2D eigenvalue weighted by molar-refractivity contribution is 0.507. The van der Waals surface area contributed by atoms with E-state index in [2.05, 4.69) is 0 Å². The molecule has 0 heterocycles. The molecule has 1 atom stereocenters. The molecule has 72 valence electrons. The van der Waals surface area contributed by atoms with E-state index in [-0.39, 0.29) is 0 Å². The molecular weight excluding hydrogens is 219 g/mol. The average Bonchev–Trinajstić information content (AvgIpc) is 2.15. The third-order valence-electron chi connectivity index (χ3n) is 2.06. The van der Waals surface area contributed by atoms with Crippen molar-refractivity contribution in [1.82, 2.24) is 0 Å². The summed E-state index contributed by atoms with van der Waals surface area (Å²) in [6.45, 7) is -3.69. The summed E-state index contributed by atoms with van der Waals surface area (Å²) in [7, 11) is 0. The predicted molar refractivity (Wildman–Crippen MR) is 59.3 cm³/mol. The molecule has 0 bridgehead atoms. The second-order valence-corrected chi connectivity index (χ2v) is 5.86. The van der Waals surface area contributed by atoms with Gasteiger partial charge in [-0.15, -0.1) is 0 Å². The van der Waals surface area contributed by atoms with Crippen molar-refractivity contribution in [1.29, 1.82) is 0 Å². The maximum Gasteiger partial charge on any atom is 0.317 e. The lowest BCUT2D eigenvalue weighted by Crippen LogP contribution is -2.01. The second-order valence-electron chi connectivity index (χ2n) is 3.00. The molecule has 0 radical (unpaired) electrons. The Balaban J connectivity index is 2.85. The molecule has 4 heteroatoms. The van der Waals surface area contributed by atoms with E-state index in [0.717, 1.165) is 10.8 Å². The summed E-state index contributed by atoms with van der Waals surface area (Å²) in [5.74, 6) is 0. The van der Waals surface area contributed by atoms with Crippen molar-refractivity contribution < 1.29 is 9.46 Å². The molecule has 2 aromatic rings. The van der Waals surface area contributed by atoms with Gasteiger partial charge in [0, 0.05) is 0 Å². The zero-order valence-corrected chi connectivity index (χ0v) is 8.87. The van der Waals surface area contributed by atoms with Crippen molar-refractivity contribution in [3.05, 3.63) is 42.5 Å². The highest BCUT2D eigenvalue weighted by Gasteiger charge is 2.19. The minimum absolute atomic E-state index is 0.303. The Morgan fingerprint density at radius 1 is 1.07 bits per heavy atom. The largest absolute Gasteiger partial charge is 0.330 e. The molecule has 0 fully saturated rings. The Morgan fingerprint density at radius 2 is 1.71 bits per heavy atom. The summed E-state index contributed by atoms with van der Waals surface area (Å²) >= 11 is 5.45. The number of fused-ring (bicyclic) bond motifs is 1. The summed E-state index contributed by atoms with van der Waals surface area (Å²) < 4.78 is 11.4. The molecule has 0 aliphatic rings. The van der Waals surface area contributed by atoms with E-state index in [0.29, 0.717) is 5.30 Å². The van der Waals surface area contributed by atoms with E-state index in [1.54, 1.807) is 18.2 Å². The summed E-state index contributed by atoms with van der Waals surface area (Å²) in [6.07, 6.45) is 0. The average molecular weight is 227 g/mol. The molecule has 0 saturated heterocycles. The van der Waals surface area contributed by atoms with Crippen molar-refractivity contribution in [2.24, 2.45) is 0 Å². The van der Waals surface area contributed by atoms with Crippen LogP contribution in [-0.2, 0) is 4.57 Å². The fraction of sp³-hybridized carbons (Fsp3) is 0. The third kappa shape index (κ3) is 1.69. The summed E-state index contributed by atoms with van der Waals surface area (Å²) in [4.78, 5) is 9.31. The quantitative estimate of drug-likeness (QED) is 0.760. The van der Waals surface area contributed by atoms with Crippen LogP contribution < -0.4 is 5.30 Å². The van der Waals surface area contributed by atoms with Gasteiger partial charge in [0.2, 0.25) is 0 Å². The van der Waals surface area contributed by atoms with Gasteiger partial charge in [-0.2, -0.15) is 0 Å². The van der Waals surface area contributed by atoms with Gasteiger partial charge >= 0.3 is 6.72 Å². The van der Waals surface area contributed by atoms with Crippen LogP contribution >= 0.6 is 18.0 Å². The number of rotatable bonds is 1. The molecule has 0 aliphatic heterocycles. The summed E-state index contributed by atoms with van der Waals surface area (Å²) in [5.41, 5.74) is 0. The Labute approximate surface area is 86.4 Å². The lowest BCUT2D eigenvalue weighted by Gasteiger charge is -2.06. The smallest absolute Gasteiger partial charge is 0.317 e. The van der Waals surface area contributed by atoms with Crippen molar-refractivity contribution >= 4 is 34.0 Å². The van der Waals surface area contributed by atoms with Gasteiger partial charge in [0.05, 0.1) is 5.30 Å². The Kier molecular flexibility index (Phi) is 2.36. The van der Waals surface area contributed by atoms with Crippen LogP contribution in [0.1, 0.15) is 0 Å². The van der Waals surface area contributed by atoms with Gasteiger partial charge in [0.1, 0.15) is 0 Å². The van der Waals surface area contributed by atoms with Crippen LogP contribution in [0.2, 0.25) is 0 Å². The molecule has 0 saturated carbocycles. The highest BCUT2D eigenvalue weighted by molar-refractivity contribution is 7.90. The fourth-order valence-corrected chi connectivity index (χ4v) is 2.66. The normalized spacial score (nSPS) is 15.3. The van der Waals surface area contributed by atoms with Crippen molar-refractivity contribution in [2.45, 2.75) is 0 Å². The van der Waals surface area contributed by atoms with Crippen LogP contribution in [0.15, 0.2) is 42.5 Å². The highest BCUT2D eigenvalue weighted by Crippen LogP contribution is 2.46. The van der Waals surface area contributed by atoms with Gasteiger partial charge in [-0.3, -0.25) is 4.57 Å². The number of halogens is 1. The standard InChI is InChI=1S/C10H8ClO2P/c11-14(12,13)10-7-3-5-8-4-1-2-6-9(8)10/h1-7H,(H,12,13). The van der Waals surface area contributed by atoms with E-state index in [1.165, 1.54) is 0 Å². The minimum Gasteiger partial charge on any atom is -0.330 e. The lowest BCUT2D eigenvalue weighted by atomic mass is 10.1.